The van der Waals surface area contributed by atoms with E-state index in [1.165, 1.54) is 6.07 Å². The highest BCUT2D eigenvalue weighted by Crippen LogP contribution is 2.53. The maximum atomic E-state index is 13.0. The molecule has 0 heterocycles. The van der Waals surface area contributed by atoms with Gasteiger partial charge in [0.25, 0.3) is 0 Å². The Morgan fingerprint density at radius 2 is 2.13 bits per heavy atom. The summed E-state index contributed by atoms with van der Waals surface area (Å²) in [6.45, 7) is 0.573. The van der Waals surface area contributed by atoms with Gasteiger partial charge in [0.2, 0.25) is 0 Å². The van der Waals surface area contributed by atoms with Crippen LogP contribution in [0.15, 0.2) is 18.2 Å². The second-order valence-electron chi connectivity index (χ2n) is 4.22. The monoisotopic (exact) mass is 228 g/mol. The fourth-order valence-electron chi connectivity index (χ4n) is 1.86. The van der Waals surface area contributed by atoms with Crippen molar-refractivity contribution in [2.45, 2.75) is 18.9 Å². The molecule has 82 valence electrons. The molecule has 1 fully saturated rings. The molecule has 0 radical (unpaired) electrons. The van der Waals surface area contributed by atoms with Crippen molar-refractivity contribution in [3.63, 3.8) is 0 Å². The van der Waals surface area contributed by atoms with Gasteiger partial charge in [-0.05, 0) is 37.1 Å². The highest BCUT2D eigenvalue weighted by molar-refractivity contribution is 6.30. The fraction of sp³-hybridized carbons (Fsp3) is 0.455. The Balaban J connectivity index is 2.26. The number of hydrogen-bond donors (Lipinski definition) is 2. The first-order valence-electron chi connectivity index (χ1n) is 5.00. The van der Waals surface area contributed by atoms with E-state index in [-0.39, 0.29) is 16.5 Å². The Morgan fingerprint density at radius 1 is 1.47 bits per heavy atom. The zero-order valence-corrected chi connectivity index (χ0v) is 9.10. The summed E-state index contributed by atoms with van der Waals surface area (Å²) >= 11 is 5.71. The normalized spacial score (nSPS) is 20.0. The lowest BCUT2D eigenvalue weighted by molar-refractivity contribution is 0.418. The molecule has 1 aromatic carbocycles. The molecule has 0 bridgehead atoms. The highest BCUT2D eigenvalue weighted by Gasteiger charge is 2.47. The van der Waals surface area contributed by atoms with Gasteiger partial charge in [-0.15, -0.1) is 0 Å². The Kier molecular flexibility index (Phi) is 2.71. The van der Waals surface area contributed by atoms with Crippen molar-refractivity contribution in [3.8, 4) is 0 Å². The molecule has 0 amide bonds. The summed E-state index contributed by atoms with van der Waals surface area (Å²) in [6, 6.07) is 4.49. The molecule has 0 aliphatic heterocycles. The zero-order valence-electron chi connectivity index (χ0n) is 8.34. The van der Waals surface area contributed by atoms with Gasteiger partial charge in [0, 0.05) is 11.5 Å². The zero-order chi connectivity index (χ0) is 11.1. The second-order valence-corrected chi connectivity index (χ2v) is 4.62. The molecule has 1 saturated carbocycles. The average Bonchev–Trinajstić information content (AvgIpc) is 3.02. The van der Waals surface area contributed by atoms with E-state index in [0.717, 1.165) is 18.4 Å². The van der Waals surface area contributed by atoms with E-state index in [4.69, 9.17) is 23.1 Å². The largest absolute Gasteiger partial charge is 0.330 e. The maximum absolute atomic E-state index is 13.0. The first kappa shape index (κ1) is 10.9. The molecule has 4 heteroatoms. The summed E-state index contributed by atoms with van der Waals surface area (Å²) in [4.78, 5) is 0. The van der Waals surface area contributed by atoms with Crippen LogP contribution in [0.2, 0.25) is 5.02 Å². The van der Waals surface area contributed by atoms with Crippen molar-refractivity contribution < 1.29 is 4.39 Å². The van der Waals surface area contributed by atoms with Crippen LogP contribution in [0, 0.1) is 11.2 Å². The topological polar surface area (TPSA) is 52.0 Å². The van der Waals surface area contributed by atoms with E-state index in [2.05, 4.69) is 0 Å². The van der Waals surface area contributed by atoms with Gasteiger partial charge in [-0.25, -0.2) is 4.39 Å². The lowest BCUT2D eigenvalue weighted by Crippen LogP contribution is -2.29. The van der Waals surface area contributed by atoms with Crippen molar-refractivity contribution in [2.75, 3.05) is 6.54 Å². The van der Waals surface area contributed by atoms with Crippen LogP contribution in [0.4, 0.5) is 4.39 Å². The Hall–Kier alpha value is -0.640. The van der Waals surface area contributed by atoms with Gasteiger partial charge in [0.1, 0.15) is 5.82 Å². The molecule has 0 spiro atoms. The highest BCUT2D eigenvalue weighted by atomic mass is 35.5. The molecule has 0 aromatic heterocycles. The van der Waals surface area contributed by atoms with Gasteiger partial charge in [-0.3, -0.25) is 0 Å². The molecule has 0 saturated heterocycles. The van der Waals surface area contributed by atoms with Crippen LogP contribution in [0.25, 0.3) is 0 Å². The minimum Gasteiger partial charge on any atom is -0.330 e. The summed E-state index contributed by atoms with van der Waals surface area (Å²) in [5, 5.41) is 0.121. The third-order valence-electron chi connectivity index (χ3n) is 3.26. The molecule has 1 atom stereocenters. The first-order valence-corrected chi connectivity index (χ1v) is 5.37. The SMILES string of the molecule is NCC1(C(N)c2ccc(F)c(Cl)c2)CC1. The standard InChI is InChI=1S/C11H14ClFN2/c12-8-5-7(1-2-9(8)13)10(15)11(6-14)3-4-11/h1-2,5,10H,3-4,6,14-15H2. The number of halogens is 2. The fourth-order valence-corrected chi connectivity index (χ4v) is 2.05. The van der Waals surface area contributed by atoms with E-state index in [1.54, 1.807) is 12.1 Å². The summed E-state index contributed by atoms with van der Waals surface area (Å²) in [6.07, 6.45) is 2.08. The van der Waals surface area contributed by atoms with Crippen LogP contribution in [0.5, 0.6) is 0 Å². The third-order valence-corrected chi connectivity index (χ3v) is 3.55. The molecule has 2 nitrogen and oxygen atoms in total. The van der Waals surface area contributed by atoms with E-state index >= 15 is 0 Å². The minimum atomic E-state index is -0.412. The van der Waals surface area contributed by atoms with Crippen molar-refractivity contribution >= 4 is 11.6 Å². The van der Waals surface area contributed by atoms with E-state index in [9.17, 15) is 4.39 Å². The van der Waals surface area contributed by atoms with Crippen molar-refractivity contribution in [1.29, 1.82) is 0 Å². The average molecular weight is 229 g/mol. The molecule has 1 aliphatic rings. The van der Waals surface area contributed by atoms with E-state index in [0.29, 0.717) is 6.54 Å². The van der Waals surface area contributed by atoms with Crippen LogP contribution in [-0.2, 0) is 0 Å². The van der Waals surface area contributed by atoms with Gasteiger partial charge in [-0.1, -0.05) is 17.7 Å². The molecule has 1 unspecified atom stereocenters. The molecule has 1 aliphatic carbocycles. The molecular weight excluding hydrogens is 215 g/mol. The molecule has 1 aromatic rings. The Morgan fingerprint density at radius 3 is 2.60 bits per heavy atom. The second kappa shape index (κ2) is 3.74. The summed E-state index contributed by atoms with van der Waals surface area (Å²) in [5.41, 5.74) is 12.7. The molecular formula is C11H14ClFN2. The minimum absolute atomic E-state index is 0.0150. The van der Waals surface area contributed by atoms with Crippen molar-refractivity contribution in [2.24, 2.45) is 16.9 Å². The van der Waals surface area contributed by atoms with Gasteiger partial charge >= 0.3 is 0 Å². The Labute approximate surface area is 93.4 Å². The van der Waals surface area contributed by atoms with Crippen molar-refractivity contribution in [3.05, 3.63) is 34.6 Å². The summed E-state index contributed by atoms with van der Waals surface area (Å²) in [5.74, 6) is -0.412. The number of benzene rings is 1. The lowest BCUT2D eigenvalue weighted by atomic mass is 9.91. The van der Waals surface area contributed by atoms with E-state index in [1.807, 2.05) is 0 Å². The third kappa shape index (κ3) is 1.87. The van der Waals surface area contributed by atoms with Gasteiger partial charge in [0.05, 0.1) is 5.02 Å². The lowest BCUT2D eigenvalue weighted by Gasteiger charge is -2.22. The van der Waals surface area contributed by atoms with Gasteiger partial charge in [0.15, 0.2) is 0 Å². The first-order chi connectivity index (χ1) is 7.09. The molecule has 15 heavy (non-hydrogen) atoms. The quantitative estimate of drug-likeness (QED) is 0.834. The smallest absolute Gasteiger partial charge is 0.141 e. The van der Waals surface area contributed by atoms with Crippen LogP contribution in [0.1, 0.15) is 24.4 Å². The maximum Gasteiger partial charge on any atom is 0.141 e. The van der Waals surface area contributed by atoms with E-state index < -0.39 is 5.82 Å². The number of hydrogen-bond acceptors (Lipinski definition) is 2. The Bertz CT molecular complexity index is 377. The summed E-state index contributed by atoms with van der Waals surface area (Å²) < 4.78 is 13.0. The predicted octanol–water partition coefficient (Wildman–Crippen LogP) is 2.22. The molecule has 2 rings (SSSR count). The summed E-state index contributed by atoms with van der Waals surface area (Å²) in [7, 11) is 0. The van der Waals surface area contributed by atoms with Crippen LogP contribution in [-0.4, -0.2) is 6.54 Å². The number of nitrogens with two attached hydrogens (primary N) is 2. The molecule has 4 N–H and O–H groups in total. The van der Waals surface area contributed by atoms with Gasteiger partial charge in [-0.2, -0.15) is 0 Å². The number of rotatable bonds is 3. The van der Waals surface area contributed by atoms with Crippen molar-refractivity contribution in [1.82, 2.24) is 0 Å². The predicted molar refractivity (Wildman–Crippen MR) is 59.1 cm³/mol. The van der Waals surface area contributed by atoms with Crippen LogP contribution in [0.3, 0.4) is 0 Å². The van der Waals surface area contributed by atoms with Gasteiger partial charge < -0.3 is 11.5 Å². The van der Waals surface area contributed by atoms with Crippen LogP contribution >= 0.6 is 11.6 Å². The van der Waals surface area contributed by atoms with Crippen LogP contribution < -0.4 is 11.5 Å².